The minimum atomic E-state index is -3.46. The Morgan fingerprint density at radius 1 is 1.30 bits per heavy atom. The molecule has 114 valence electrons. The van der Waals surface area contributed by atoms with Crippen LogP contribution >= 0.6 is 0 Å². The molecule has 0 heterocycles. The summed E-state index contributed by atoms with van der Waals surface area (Å²) in [5.74, 6) is 0.611. The highest BCUT2D eigenvalue weighted by molar-refractivity contribution is 7.89. The highest BCUT2D eigenvalue weighted by atomic mass is 32.2. The zero-order valence-corrected chi connectivity index (χ0v) is 12.8. The summed E-state index contributed by atoms with van der Waals surface area (Å²) in [5, 5.41) is 0. The Hall–Kier alpha value is -1.15. The largest absolute Gasteiger partial charge is 0.492 e. The van der Waals surface area contributed by atoms with Crippen LogP contribution in [0, 0.1) is 0 Å². The number of nitrogens with two attached hydrogens (primary N) is 1. The third-order valence-electron chi connectivity index (χ3n) is 2.85. The lowest BCUT2D eigenvalue weighted by Crippen LogP contribution is -2.32. The number of hydrogen-bond donors (Lipinski definition) is 2. The molecule has 7 heteroatoms. The molecule has 6 nitrogen and oxygen atoms in total. The Bertz CT molecular complexity index is 488. The second-order valence-corrected chi connectivity index (χ2v) is 6.17. The van der Waals surface area contributed by atoms with E-state index < -0.39 is 10.0 Å². The summed E-state index contributed by atoms with van der Waals surface area (Å²) < 4.78 is 31.9. The first kappa shape index (κ1) is 16.9. The van der Waals surface area contributed by atoms with E-state index in [4.69, 9.17) is 10.5 Å². The average Bonchev–Trinajstić information content (AvgIpc) is 2.45. The fourth-order valence-corrected chi connectivity index (χ4v) is 2.53. The van der Waals surface area contributed by atoms with Crippen LogP contribution < -0.4 is 15.2 Å². The molecule has 1 rings (SSSR count). The summed E-state index contributed by atoms with van der Waals surface area (Å²) in [5.41, 5.74) is 5.33. The van der Waals surface area contributed by atoms with E-state index in [0.29, 0.717) is 32.0 Å². The highest BCUT2D eigenvalue weighted by Crippen LogP contribution is 2.15. The van der Waals surface area contributed by atoms with Crippen LogP contribution in [0.25, 0.3) is 0 Å². The van der Waals surface area contributed by atoms with Gasteiger partial charge < -0.3 is 15.4 Å². The number of likely N-dealkylation sites (N-methyl/N-ethyl adjacent to an activating group) is 1. The van der Waals surface area contributed by atoms with Gasteiger partial charge >= 0.3 is 0 Å². The molecule has 0 saturated carbocycles. The predicted octanol–water partition coefficient (Wildman–Crippen LogP) is 0.254. The van der Waals surface area contributed by atoms with Crippen LogP contribution in [0.3, 0.4) is 0 Å². The van der Waals surface area contributed by atoms with Gasteiger partial charge in [0.25, 0.3) is 0 Å². The van der Waals surface area contributed by atoms with Crippen LogP contribution in [-0.2, 0) is 10.0 Å². The Labute approximate surface area is 121 Å². The van der Waals surface area contributed by atoms with Gasteiger partial charge in [-0.3, -0.25) is 0 Å². The Morgan fingerprint density at radius 3 is 2.50 bits per heavy atom. The molecule has 0 fully saturated rings. The molecule has 0 atom stereocenters. The molecule has 0 unspecified atom stereocenters. The maximum atomic E-state index is 12.0. The van der Waals surface area contributed by atoms with Crippen LogP contribution in [0.15, 0.2) is 29.2 Å². The number of nitrogens with one attached hydrogen (secondary N) is 1. The van der Waals surface area contributed by atoms with Crippen molar-refractivity contribution < 1.29 is 13.2 Å². The SMILES string of the molecule is CCN(C)CCNS(=O)(=O)c1ccc(OCCN)cc1. The standard InChI is InChI=1S/C13H23N3O3S/c1-3-16(2)10-9-15-20(17,18)13-6-4-12(5-7-13)19-11-8-14/h4-7,15H,3,8-11,14H2,1-2H3. The number of ether oxygens (including phenoxy) is 1. The summed E-state index contributed by atoms with van der Waals surface area (Å²) >= 11 is 0. The van der Waals surface area contributed by atoms with Crippen LogP contribution in [0.1, 0.15) is 6.92 Å². The first-order valence-electron chi connectivity index (χ1n) is 6.60. The zero-order chi connectivity index (χ0) is 15.0. The highest BCUT2D eigenvalue weighted by Gasteiger charge is 2.13. The van der Waals surface area contributed by atoms with E-state index >= 15 is 0 Å². The fraction of sp³-hybridized carbons (Fsp3) is 0.538. The van der Waals surface area contributed by atoms with E-state index in [1.165, 1.54) is 12.1 Å². The van der Waals surface area contributed by atoms with Gasteiger partial charge in [0.05, 0.1) is 4.90 Å². The van der Waals surface area contributed by atoms with E-state index in [-0.39, 0.29) is 4.90 Å². The summed E-state index contributed by atoms with van der Waals surface area (Å²) in [6.07, 6.45) is 0. The van der Waals surface area contributed by atoms with E-state index in [1.807, 2.05) is 18.9 Å². The molecule has 0 amide bonds. The third kappa shape index (κ3) is 5.46. The van der Waals surface area contributed by atoms with Gasteiger partial charge in [-0.2, -0.15) is 0 Å². The fourth-order valence-electron chi connectivity index (χ4n) is 1.50. The van der Waals surface area contributed by atoms with Crippen molar-refractivity contribution in [3.63, 3.8) is 0 Å². The summed E-state index contributed by atoms with van der Waals surface area (Å²) in [4.78, 5) is 2.27. The quantitative estimate of drug-likeness (QED) is 0.683. The van der Waals surface area contributed by atoms with Gasteiger partial charge in [-0.15, -0.1) is 0 Å². The molecule has 0 bridgehead atoms. The Balaban J connectivity index is 2.58. The first-order valence-corrected chi connectivity index (χ1v) is 8.09. The van der Waals surface area contributed by atoms with Gasteiger partial charge in [0.15, 0.2) is 0 Å². The van der Waals surface area contributed by atoms with Crippen molar-refractivity contribution in [1.82, 2.24) is 9.62 Å². The molecular formula is C13H23N3O3S. The molecule has 0 aliphatic heterocycles. The molecule has 0 aliphatic rings. The number of benzene rings is 1. The third-order valence-corrected chi connectivity index (χ3v) is 4.32. The molecule has 0 spiro atoms. The zero-order valence-electron chi connectivity index (χ0n) is 12.0. The van der Waals surface area contributed by atoms with E-state index in [2.05, 4.69) is 4.72 Å². The molecule has 0 saturated heterocycles. The minimum Gasteiger partial charge on any atom is -0.492 e. The van der Waals surface area contributed by atoms with Gasteiger partial charge in [0.1, 0.15) is 12.4 Å². The predicted molar refractivity (Wildman–Crippen MR) is 79.4 cm³/mol. The number of hydrogen-bond acceptors (Lipinski definition) is 5. The van der Waals surface area contributed by atoms with Crippen LogP contribution in [0.5, 0.6) is 5.75 Å². The number of nitrogens with zero attached hydrogens (tertiary/aromatic N) is 1. The monoisotopic (exact) mass is 301 g/mol. The molecule has 20 heavy (non-hydrogen) atoms. The topological polar surface area (TPSA) is 84.7 Å². The van der Waals surface area contributed by atoms with Gasteiger partial charge in [0, 0.05) is 19.6 Å². The lowest BCUT2D eigenvalue weighted by atomic mass is 10.3. The summed E-state index contributed by atoms with van der Waals surface area (Å²) in [6, 6.07) is 6.31. The number of sulfonamides is 1. The average molecular weight is 301 g/mol. The van der Waals surface area contributed by atoms with Crippen molar-refractivity contribution in [3.05, 3.63) is 24.3 Å². The number of rotatable bonds is 9. The Morgan fingerprint density at radius 2 is 1.95 bits per heavy atom. The van der Waals surface area contributed by atoms with E-state index in [1.54, 1.807) is 12.1 Å². The lowest BCUT2D eigenvalue weighted by molar-refractivity contribution is 0.328. The van der Waals surface area contributed by atoms with Gasteiger partial charge in [-0.25, -0.2) is 13.1 Å². The summed E-state index contributed by atoms with van der Waals surface area (Å²) in [7, 11) is -1.52. The van der Waals surface area contributed by atoms with Gasteiger partial charge in [0.2, 0.25) is 10.0 Å². The normalized spacial score (nSPS) is 11.8. The summed E-state index contributed by atoms with van der Waals surface area (Å²) in [6.45, 7) is 4.80. The van der Waals surface area contributed by atoms with Crippen molar-refractivity contribution in [3.8, 4) is 5.75 Å². The maximum absolute atomic E-state index is 12.0. The molecule has 1 aromatic carbocycles. The molecule has 3 N–H and O–H groups in total. The smallest absolute Gasteiger partial charge is 0.240 e. The van der Waals surface area contributed by atoms with E-state index in [9.17, 15) is 8.42 Å². The van der Waals surface area contributed by atoms with Crippen molar-refractivity contribution in [1.29, 1.82) is 0 Å². The van der Waals surface area contributed by atoms with Crippen molar-refractivity contribution in [2.75, 3.05) is 39.8 Å². The lowest BCUT2D eigenvalue weighted by Gasteiger charge is -2.14. The van der Waals surface area contributed by atoms with Gasteiger partial charge in [-0.05, 0) is 37.9 Å². The van der Waals surface area contributed by atoms with Crippen molar-refractivity contribution >= 4 is 10.0 Å². The molecule has 0 aromatic heterocycles. The first-order chi connectivity index (χ1) is 9.49. The molecule has 1 aromatic rings. The molecular weight excluding hydrogens is 278 g/mol. The molecule has 0 radical (unpaired) electrons. The van der Waals surface area contributed by atoms with Crippen LogP contribution in [0.4, 0.5) is 0 Å². The van der Waals surface area contributed by atoms with Crippen LogP contribution in [0.2, 0.25) is 0 Å². The van der Waals surface area contributed by atoms with Crippen LogP contribution in [-0.4, -0.2) is 53.2 Å². The molecule has 0 aliphatic carbocycles. The van der Waals surface area contributed by atoms with Crippen molar-refractivity contribution in [2.24, 2.45) is 5.73 Å². The Kier molecular flexibility index (Phi) is 6.94. The minimum absolute atomic E-state index is 0.233. The maximum Gasteiger partial charge on any atom is 0.240 e. The van der Waals surface area contributed by atoms with Crippen molar-refractivity contribution in [2.45, 2.75) is 11.8 Å². The second kappa shape index (κ2) is 8.21. The van der Waals surface area contributed by atoms with Gasteiger partial charge in [-0.1, -0.05) is 6.92 Å². The second-order valence-electron chi connectivity index (χ2n) is 4.40. The van der Waals surface area contributed by atoms with E-state index in [0.717, 1.165) is 6.54 Å².